The van der Waals surface area contributed by atoms with E-state index in [2.05, 4.69) is 0 Å². The molecule has 0 heterocycles. The van der Waals surface area contributed by atoms with Crippen LogP contribution in [0.4, 0.5) is 0 Å². The molecule has 90 valence electrons. The van der Waals surface area contributed by atoms with E-state index in [4.69, 9.17) is 0 Å². The lowest BCUT2D eigenvalue weighted by Crippen LogP contribution is -2.53. The van der Waals surface area contributed by atoms with Crippen molar-refractivity contribution in [3.05, 3.63) is 0 Å². The number of ketones is 2. The Bertz CT molecular complexity index is 415. The molecule has 0 aromatic heterocycles. The summed E-state index contributed by atoms with van der Waals surface area (Å²) in [5.74, 6) is -0.475. The number of rotatable bonds is 2. The van der Waals surface area contributed by atoms with Gasteiger partial charge in [0.15, 0.2) is 9.84 Å². The summed E-state index contributed by atoms with van der Waals surface area (Å²) in [6, 6.07) is 0. The minimum Gasteiger partial charge on any atom is -0.299 e. The lowest BCUT2D eigenvalue weighted by molar-refractivity contribution is -0.132. The number of hydrogen-bond acceptors (Lipinski definition) is 4. The van der Waals surface area contributed by atoms with Gasteiger partial charge in [-0.3, -0.25) is 9.59 Å². The smallest absolute Gasteiger partial charge is 0.153 e. The molecule has 0 unspecified atom stereocenters. The summed E-state index contributed by atoms with van der Waals surface area (Å²) < 4.78 is 22.9. The third-order valence-electron chi connectivity index (χ3n) is 4.02. The van der Waals surface area contributed by atoms with E-state index >= 15 is 0 Å². The SMILES string of the molecule is CS(=O)(=O)C1(C2CC(=O)CC(=O)C2)CCC1. The summed E-state index contributed by atoms with van der Waals surface area (Å²) in [4.78, 5) is 22.8. The van der Waals surface area contributed by atoms with Crippen molar-refractivity contribution in [2.75, 3.05) is 6.26 Å². The zero-order valence-electron chi connectivity index (χ0n) is 9.36. The molecule has 0 saturated heterocycles. The van der Waals surface area contributed by atoms with Crippen molar-refractivity contribution >= 4 is 21.4 Å². The molecule has 0 amide bonds. The second kappa shape index (κ2) is 3.65. The van der Waals surface area contributed by atoms with Crippen LogP contribution in [0, 0.1) is 5.92 Å². The highest BCUT2D eigenvalue weighted by molar-refractivity contribution is 7.92. The van der Waals surface area contributed by atoms with E-state index in [0.29, 0.717) is 12.8 Å². The van der Waals surface area contributed by atoms with Gasteiger partial charge < -0.3 is 0 Å². The number of carbonyl (C=O) groups excluding carboxylic acids is 2. The van der Waals surface area contributed by atoms with Crippen LogP contribution < -0.4 is 0 Å². The molecule has 0 aromatic rings. The molecule has 0 bridgehead atoms. The monoisotopic (exact) mass is 244 g/mol. The maximum Gasteiger partial charge on any atom is 0.153 e. The normalized spacial score (nSPS) is 26.6. The van der Waals surface area contributed by atoms with Crippen LogP contribution in [0.5, 0.6) is 0 Å². The fourth-order valence-electron chi connectivity index (χ4n) is 2.97. The molecular weight excluding hydrogens is 228 g/mol. The van der Waals surface area contributed by atoms with Crippen molar-refractivity contribution < 1.29 is 18.0 Å². The summed E-state index contributed by atoms with van der Waals surface area (Å²) in [7, 11) is -3.18. The highest BCUT2D eigenvalue weighted by Gasteiger charge is 2.53. The predicted octanol–water partition coefficient (Wildman–Crippen LogP) is 0.892. The molecule has 16 heavy (non-hydrogen) atoms. The third-order valence-corrected chi connectivity index (χ3v) is 6.24. The van der Waals surface area contributed by atoms with Crippen LogP contribution in [0.25, 0.3) is 0 Å². The van der Waals surface area contributed by atoms with Gasteiger partial charge in [-0.15, -0.1) is 0 Å². The Kier molecular flexibility index (Phi) is 2.69. The molecule has 0 radical (unpaired) electrons. The van der Waals surface area contributed by atoms with E-state index in [1.807, 2.05) is 0 Å². The van der Waals surface area contributed by atoms with Crippen molar-refractivity contribution in [2.24, 2.45) is 5.92 Å². The summed E-state index contributed by atoms with van der Waals surface area (Å²) >= 11 is 0. The number of Topliss-reactive ketones (excluding diaryl/α,β-unsaturated/α-hetero) is 2. The van der Waals surface area contributed by atoms with E-state index in [-0.39, 0.29) is 36.7 Å². The Hall–Kier alpha value is -0.710. The van der Waals surface area contributed by atoms with Gasteiger partial charge in [0.05, 0.1) is 11.2 Å². The van der Waals surface area contributed by atoms with Gasteiger partial charge in [-0.1, -0.05) is 6.42 Å². The molecule has 0 N–H and O–H groups in total. The summed E-state index contributed by atoms with van der Waals surface area (Å²) in [6.07, 6.45) is 3.85. The molecule has 5 heteroatoms. The number of hydrogen-bond donors (Lipinski definition) is 0. The number of sulfone groups is 1. The van der Waals surface area contributed by atoms with Gasteiger partial charge in [-0.25, -0.2) is 8.42 Å². The Balaban J connectivity index is 2.29. The molecule has 0 spiro atoms. The highest BCUT2D eigenvalue weighted by Crippen LogP contribution is 2.48. The number of carbonyl (C=O) groups is 2. The molecule has 2 aliphatic carbocycles. The van der Waals surface area contributed by atoms with E-state index in [9.17, 15) is 18.0 Å². The van der Waals surface area contributed by atoms with Gasteiger partial charge in [0.1, 0.15) is 11.6 Å². The Morgan fingerprint density at radius 2 is 1.62 bits per heavy atom. The van der Waals surface area contributed by atoms with Crippen LogP contribution in [0.2, 0.25) is 0 Å². The van der Waals surface area contributed by atoms with E-state index in [1.54, 1.807) is 0 Å². The van der Waals surface area contributed by atoms with Gasteiger partial charge in [0.25, 0.3) is 0 Å². The third kappa shape index (κ3) is 1.71. The maximum atomic E-state index is 11.8. The van der Waals surface area contributed by atoms with E-state index in [0.717, 1.165) is 6.42 Å². The van der Waals surface area contributed by atoms with Crippen LogP contribution in [0.3, 0.4) is 0 Å². The minimum absolute atomic E-state index is 0.00363. The summed E-state index contributed by atoms with van der Waals surface area (Å²) in [5.41, 5.74) is 0. The van der Waals surface area contributed by atoms with Crippen molar-refractivity contribution in [1.29, 1.82) is 0 Å². The van der Waals surface area contributed by atoms with Crippen LogP contribution in [-0.4, -0.2) is 31.0 Å². The molecule has 2 fully saturated rings. The van der Waals surface area contributed by atoms with Gasteiger partial charge in [0.2, 0.25) is 0 Å². The lowest BCUT2D eigenvalue weighted by Gasteiger charge is -2.46. The summed E-state index contributed by atoms with van der Waals surface area (Å²) in [5, 5.41) is 0. The van der Waals surface area contributed by atoms with Crippen molar-refractivity contribution in [2.45, 2.75) is 43.3 Å². The van der Waals surface area contributed by atoms with Crippen LogP contribution in [0.1, 0.15) is 38.5 Å². The Labute approximate surface area is 95.3 Å². The largest absolute Gasteiger partial charge is 0.299 e. The zero-order chi connectivity index (χ0) is 12.0. The highest BCUT2D eigenvalue weighted by atomic mass is 32.2. The van der Waals surface area contributed by atoms with E-state index in [1.165, 1.54) is 6.26 Å². The first-order valence-electron chi connectivity index (χ1n) is 5.58. The Morgan fingerprint density at radius 3 is 1.94 bits per heavy atom. The first-order valence-corrected chi connectivity index (χ1v) is 7.47. The van der Waals surface area contributed by atoms with Gasteiger partial charge in [-0.05, 0) is 18.8 Å². The predicted molar refractivity (Wildman–Crippen MR) is 58.8 cm³/mol. The molecule has 2 saturated carbocycles. The lowest BCUT2D eigenvalue weighted by atomic mass is 9.68. The second-order valence-corrected chi connectivity index (χ2v) is 7.41. The fourth-order valence-corrected chi connectivity index (χ4v) is 4.77. The fraction of sp³-hybridized carbons (Fsp3) is 0.818. The Morgan fingerprint density at radius 1 is 1.12 bits per heavy atom. The summed E-state index contributed by atoms with van der Waals surface area (Å²) in [6.45, 7) is 0. The molecule has 4 nitrogen and oxygen atoms in total. The van der Waals surface area contributed by atoms with Crippen molar-refractivity contribution in [1.82, 2.24) is 0 Å². The maximum absolute atomic E-state index is 11.8. The second-order valence-electron chi connectivity index (χ2n) is 5.05. The molecule has 0 atom stereocenters. The average Bonchev–Trinajstić information content (AvgIpc) is 1.95. The van der Waals surface area contributed by atoms with Gasteiger partial charge in [0, 0.05) is 19.1 Å². The topological polar surface area (TPSA) is 68.3 Å². The molecule has 0 aromatic carbocycles. The standard InChI is InChI=1S/C11H16O4S/c1-16(14,15)11(3-2-4-11)8-5-9(12)7-10(13)6-8/h8H,2-7H2,1H3. The molecular formula is C11H16O4S. The average molecular weight is 244 g/mol. The van der Waals surface area contributed by atoms with Crippen molar-refractivity contribution in [3.8, 4) is 0 Å². The van der Waals surface area contributed by atoms with Crippen LogP contribution >= 0.6 is 0 Å². The quantitative estimate of drug-likeness (QED) is 0.676. The molecule has 0 aliphatic heterocycles. The van der Waals surface area contributed by atoms with Crippen molar-refractivity contribution in [3.63, 3.8) is 0 Å². The van der Waals surface area contributed by atoms with E-state index < -0.39 is 14.6 Å². The first kappa shape index (κ1) is 11.8. The van der Waals surface area contributed by atoms with Gasteiger partial charge >= 0.3 is 0 Å². The minimum atomic E-state index is -3.18. The molecule has 2 rings (SSSR count). The van der Waals surface area contributed by atoms with Gasteiger partial charge in [-0.2, -0.15) is 0 Å². The first-order chi connectivity index (χ1) is 7.35. The molecule has 2 aliphatic rings. The zero-order valence-corrected chi connectivity index (χ0v) is 10.2. The van der Waals surface area contributed by atoms with Crippen LogP contribution in [0.15, 0.2) is 0 Å². The van der Waals surface area contributed by atoms with Crippen LogP contribution in [-0.2, 0) is 19.4 Å².